The first-order valence-corrected chi connectivity index (χ1v) is 12.6. The molecule has 0 bridgehead atoms. The predicted molar refractivity (Wildman–Crippen MR) is 148 cm³/mol. The van der Waals surface area contributed by atoms with E-state index in [2.05, 4.69) is 38.7 Å². The highest BCUT2D eigenvalue weighted by atomic mass is 16.5. The van der Waals surface area contributed by atoms with E-state index < -0.39 is 11.8 Å². The smallest absolute Gasteiger partial charge is 0.157 e. The van der Waals surface area contributed by atoms with Gasteiger partial charge in [-0.25, -0.2) is 0 Å². The maximum atomic E-state index is 11.6. The van der Waals surface area contributed by atoms with Crippen LogP contribution in [0.4, 0.5) is 5.69 Å². The summed E-state index contributed by atoms with van der Waals surface area (Å²) in [6, 6.07) is 22.9. The van der Waals surface area contributed by atoms with Gasteiger partial charge in [-0.1, -0.05) is 58.0 Å². The van der Waals surface area contributed by atoms with Gasteiger partial charge in [-0.2, -0.15) is 5.26 Å². The lowest BCUT2D eigenvalue weighted by Gasteiger charge is -2.41. The van der Waals surface area contributed by atoms with Crippen molar-refractivity contribution >= 4 is 16.8 Å². The third-order valence-corrected chi connectivity index (χ3v) is 7.15. The van der Waals surface area contributed by atoms with Crippen LogP contribution in [0.25, 0.3) is 11.1 Å². The Kier molecular flexibility index (Phi) is 7.77. The number of aromatic nitrogens is 1. The Morgan fingerprint density at radius 1 is 1.05 bits per heavy atom. The van der Waals surface area contributed by atoms with Crippen molar-refractivity contribution in [2.24, 2.45) is 17.6 Å². The number of ether oxygens (including phenoxy) is 1. The molecule has 6 nitrogen and oxygen atoms in total. The Hall–Kier alpha value is -3.92. The molecular formula is C31H34N4O2. The molecule has 1 atom stereocenters. The summed E-state index contributed by atoms with van der Waals surface area (Å²) in [7, 11) is 0. The zero-order chi connectivity index (χ0) is 26.6. The number of hydrogen-bond acceptors (Lipinski definition) is 6. The van der Waals surface area contributed by atoms with Crippen molar-refractivity contribution in [3.05, 3.63) is 102 Å². The van der Waals surface area contributed by atoms with Crippen molar-refractivity contribution in [2.75, 3.05) is 11.4 Å². The average Bonchev–Trinajstić information content (AvgIpc) is 2.92. The molecule has 0 saturated heterocycles. The van der Waals surface area contributed by atoms with E-state index in [1.54, 1.807) is 17.2 Å². The van der Waals surface area contributed by atoms with Crippen LogP contribution < -0.4 is 15.4 Å². The molecule has 0 amide bonds. The highest BCUT2D eigenvalue weighted by Gasteiger charge is 2.38. The second-order valence-electron chi connectivity index (χ2n) is 9.91. The van der Waals surface area contributed by atoms with Gasteiger partial charge in [-0.05, 0) is 53.8 Å². The molecule has 190 valence electrons. The molecule has 4 rings (SSSR count). The van der Waals surface area contributed by atoms with Gasteiger partial charge in [0.25, 0.3) is 0 Å². The Morgan fingerprint density at radius 3 is 2.43 bits per heavy atom. The largest absolute Gasteiger partial charge is 0.485 e. The SMILES string of the molecule is CC(C)C(CN)(Oc1cccc(N2C=C(c3ccccn3)C=C(c3ccccc3C#N)C2O)c1)C(C)C. The third-order valence-electron chi connectivity index (χ3n) is 7.15. The summed E-state index contributed by atoms with van der Waals surface area (Å²) in [6.07, 6.45) is 4.50. The van der Waals surface area contributed by atoms with Crippen molar-refractivity contribution in [1.29, 1.82) is 5.26 Å². The summed E-state index contributed by atoms with van der Waals surface area (Å²) in [6.45, 7) is 8.88. The standard InChI is InChI=1S/C31H34N4O2/c1-21(2)31(20-33,22(3)4)37-26-12-9-11-25(17-26)35-19-24(29-14-7-8-15-34-29)16-28(30(35)36)27-13-6-5-10-23(27)18-32/h5-17,19,21-22,30,36H,20,33H2,1-4H3. The monoisotopic (exact) mass is 494 g/mol. The molecule has 2 aromatic carbocycles. The van der Waals surface area contributed by atoms with Gasteiger partial charge >= 0.3 is 0 Å². The first-order valence-electron chi connectivity index (χ1n) is 12.6. The van der Waals surface area contributed by atoms with Crippen molar-refractivity contribution in [3.8, 4) is 11.8 Å². The third kappa shape index (κ3) is 5.15. The number of hydrogen-bond donors (Lipinski definition) is 2. The molecule has 1 aromatic heterocycles. The molecule has 0 spiro atoms. The first kappa shape index (κ1) is 26.2. The molecular weight excluding hydrogens is 460 g/mol. The van der Waals surface area contributed by atoms with E-state index in [0.717, 1.165) is 17.0 Å². The van der Waals surface area contributed by atoms with Gasteiger partial charge in [-0.3, -0.25) is 4.98 Å². The molecule has 3 N–H and O–H groups in total. The topological polar surface area (TPSA) is 95.4 Å². The van der Waals surface area contributed by atoms with E-state index in [1.807, 2.05) is 72.9 Å². The molecule has 6 heteroatoms. The first-order chi connectivity index (χ1) is 17.8. The van der Waals surface area contributed by atoms with Crippen molar-refractivity contribution in [3.63, 3.8) is 0 Å². The van der Waals surface area contributed by atoms with Crippen LogP contribution in [0.2, 0.25) is 0 Å². The van der Waals surface area contributed by atoms with Gasteiger partial charge in [0.1, 0.15) is 11.4 Å². The number of nitrogens with zero attached hydrogens (tertiary/aromatic N) is 3. The van der Waals surface area contributed by atoms with Gasteiger partial charge in [0.15, 0.2) is 6.23 Å². The zero-order valence-electron chi connectivity index (χ0n) is 21.8. The summed E-state index contributed by atoms with van der Waals surface area (Å²) >= 11 is 0. The van der Waals surface area contributed by atoms with E-state index in [0.29, 0.717) is 29.0 Å². The summed E-state index contributed by atoms with van der Waals surface area (Å²) in [5.74, 6) is 1.09. The molecule has 3 aromatic rings. The van der Waals surface area contributed by atoms with Gasteiger partial charge in [0.2, 0.25) is 0 Å². The molecule has 1 aliphatic rings. The van der Waals surface area contributed by atoms with Crippen LogP contribution in [0.15, 0.2) is 85.2 Å². The number of aliphatic hydroxyl groups excluding tert-OH is 1. The fraction of sp³-hybridized carbons (Fsp3) is 0.290. The van der Waals surface area contributed by atoms with Crippen LogP contribution in [0.3, 0.4) is 0 Å². The lowest BCUT2D eigenvalue weighted by Crippen LogP contribution is -2.52. The fourth-order valence-corrected chi connectivity index (χ4v) is 4.93. The highest BCUT2D eigenvalue weighted by Crippen LogP contribution is 2.38. The average molecular weight is 495 g/mol. The molecule has 0 saturated carbocycles. The number of nitrogens with two attached hydrogens (primary N) is 1. The van der Waals surface area contributed by atoms with Crippen LogP contribution >= 0.6 is 0 Å². The van der Waals surface area contributed by atoms with E-state index >= 15 is 0 Å². The molecule has 37 heavy (non-hydrogen) atoms. The Balaban J connectivity index is 1.80. The second kappa shape index (κ2) is 11.0. The van der Waals surface area contributed by atoms with Crippen molar-refractivity contribution < 1.29 is 9.84 Å². The van der Waals surface area contributed by atoms with Crippen molar-refractivity contribution in [1.82, 2.24) is 4.98 Å². The summed E-state index contributed by atoms with van der Waals surface area (Å²) in [5, 5.41) is 21.3. The summed E-state index contributed by atoms with van der Waals surface area (Å²) in [5.41, 5.74) is 9.83. The maximum Gasteiger partial charge on any atom is 0.157 e. The molecule has 0 aliphatic carbocycles. The van der Waals surface area contributed by atoms with Crippen molar-refractivity contribution in [2.45, 2.75) is 39.5 Å². The van der Waals surface area contributed by atoms with Gasteiger partial charge < -0.3 is 20.5 Å². The number of anilines is 1. The van der Waals surface area contributed by atoms with Crippen LogP contribution in [-0.2, 0) is 0 Å². The van der Waals surface area contributed by atoms with Gasteiger partial charge in [0, 0.05) is 41.8 Å². The summed E-state index contributed by atoms with van der Waals surface area (Å²) in [4.78, 5) is 6.30. The Morgan fingerprint density at radius 2 is 1.78 bits per heavy atom. The Labute approximate surface area is 219 Å². The predicted octanol–water partition coefficient (Wildman–Crippen LogP) is 5.60. The normalized spacial score (nSPS) is 15.9. The molecule has 0 fully saturated rings. The number of aliphatic hydroxyl groups is 1. The number of rotatable bonds is 8. The zero-order valence-corrected chi connectivity index (χ0v) is 21.8. The number of nitriles is 1. The van der Waals surface area contributed by atoms with Crippen LogP contribution in [0.1, 0.15) is 44.5 Å². The maximum absolute atomic E-state index is 11.6. The van der Waals surface area contributed by atoms with Gasteiger partial charge in [0.05, 0.1) is 17.3 Å². The molecule has 1 unspecified atom stereocenters. The van der Waals surface area contributed by atoms with E-state index in [1.165, 1.54) is 0 Å². The number of benzene rings is 2. The minimum atomic E-state index is -1.02. The molecule has 0 radical (unpaired) electrons. The molecule has 2 heterocycles. The van der Waals surface area contributed by atoms with E-state index in [-0.39, 0.29) is 11.8 Å². The van der Waals surface area contributed by atoms with E-state index in [9.17, 15) is 10.4 Å². The van der Waals surface area contributed by atoms with Crippen LogP contribution in [0, 0.1) is 23.2 Å². The minimum Gasteiger partial charge on any atom is -0.485 e. The summed E-state index contributed by atoms with van der Waals surface area (Å²) < 4.78 is 6.58. The quantitative estimate of drug-likeness (QED) is 0.423. The fourth-order valence-electron chi connectivity index (χ4n) is 4.93. The minimum absolute atomic E-state index is 0.203. The van der Waals surface area contributed by atoms with E-state index in [4.69, 9.17) is 10.5 Å². The lowest BCUT2D eigenvalue weighted by atomic mass is 9.80. The van der Waals surface area contributed by atoms with Crippen LogP contribution in [0.5, 0.6) is 5.75 Å². The Bertz CT molecular complexity index is 1330. The number of pyridine rings is 1. The van der Waals surface area contributed by atoms with Gasteiger partial charge in [-0.15, -0.1) is 0 Å². The van der Waals surface area contributed by atoms with Crippen LogP contribution in [-0.4, -0.2) is 28.5 Å². The molecule has 1 aliphatic heterocycles. The second-order valence-corrected chi connectivity index (χ2v) is 9.91. The number of allylic oxidation sites excluding steroid dienone is 2. The lowest BCUT2D eigenvalue weighted by molar-refractivity contribution is -0.0126. The highest BCUT2D eigenvalue weighted by molar-refractivity contribution is 5.91.